The maximum atomic E-state index is 13.9. The fourth-order valence-corrected chi connectivity index (χ4v) is 1.63. The van der Waals surface area contributed by atoms with Crippen molar-refractivity contribution in [3.63, 3.8) is 0 Å². The quantitative estimate of drug-likeness (QED) is 0.919. The second-order valence-corrected chi connectivity index (χ2v) is 4.42. The fraction of sp³-hybridized carbons (Fsp3) is 0.286. The van der Waals surface area contributed by atoms with E-state index in [2.05, 4.69) is 10.4 Å². The molecule has 0 bridgehead atoms. The topological polar surface area (TPSA) is 46.9 Å². The summed E-state index contributed by atoms with van der Waals surface area (Å²) in [6, 6.07) is 6.28. The molecule has 4 nitrogen and oxygen atoms in total. The molecule has 1 aromatic heterocycles. The molecule has 0 spiro atoms. The summed E-state index contributed by atoms with van der Waals surface area (Å²) >= 11 is 0. The summed E-state index contributed by atoms with van der Waals surface area (Å²) in [5.41, 5.74) is 0.810. The first-order valence-electron chi connectivity index (χ1n) is 6.22. The minimum atomic E-state index is -0.425. The van der Waals surface area contributed by atoms with Crippen molar-refractivity contribution in [1.29, 1.82) is 0 Å². The standard InChI is InChI=1S/C14H16FN3O/c1-3-10(2)14(19)17-11-5-6-13(12(15)9-11)18-8-4-7-16-18/h4-10H,3H2,1-2H3,(H,17,19)/t10-/m1/s1. The number of halogens is 1. The molecule has 0 aliphatic rings. The fourth-order valence-electron chi connectivity index (χ4n) is 1.63. The molecule has 0 aliphatic carbocycles. The van der Waals surface area contributed by atoms with Crippen LogP contribution in [0.4, 0.5) is 10.1 Å². The van der Waals surface area contributed by atoms with Gasteiger partial charge in [0.15, 0.2) is 5.82 Å². The number of nitrogens with zero attached hydrogens (tertiary/aromatic N) is 2. The van der Waals surface area contributed by atoms with E-state index < -0.39 is 5.82 Å². The Morgan fingerprint density at radius 2 is 2.32 bits per heavy atom. The minimum absolute atomic E-state index is 0.0890. The van der Waals surface area contributed by atoms with Crippen LogP contribution in [0.2, 0.25) is 0 Å². The Morgan fingerprint density at radius 1 is 1.53 bits per heavy atom. The number of carbonyl (C=O) groups is 1. The van der Waals surface area contributed by atoms with E-state index in [1.54, 1.807) is 30.6 Å². The second kappa shape index (κ2) is 5.65. The molecule has 1 aromatic carbocycles. The summed E-state index contributed by atoms with van der Waals surface area (Å²) in [6.45, 7) is 3.77. The summed E-state index contributed by atoms with van der Waals surface area (Å²) in [6.07, 6.45) is 3.99. The number of amides is 1. The molecule has 0 saturated carbocycles. The lowest BCUT2D eigenvalue weighted by atomic mass is 10.1. The monoisotopic (exact) mass is 261 g/mol. The van der Waals surface area contributed by atoms with Crippen molar-refractivity contribution in [2.45, 2.75) is 20.3 Å². The van der Waals surface area contributed by atoms with Gasteiger partial charge in [0.25, 0.3) is 0 Å². The van der Waals surface area contributed by atoms with Gasteiger partial charge in [0.2, 0.25) is 5.91 Å². The number of hydrogen-bond acceptors (Lipinski definition) is 2. The summed E-state index contributed by atoms with van der Waals surface area (Å²) < 4.78 is 15.4. The van der Waals surface area contributed by atoms with Gasteiger partial charge in [0.1, 0.15) is 5.69 Å². The van der Waals surface area contributed by atoms with Crippen LogP contribution in [0.1, 0.15) is 20.3 Å². The summed E-state index contributed by atoms with van der Waals surface area (Å²) in [5.74, 6) is -0.617. The Kier molecular flexibility index (Phi) is 3.94. The molecule has 0 unspecified atom stereocenters. The van der Waals surface area contributed by atoms with E-state index in [1.807, 2.05) is 13.8 Å². The lowest BCUT2D eigenvalue weighted by Crippen LogP contribution is -2.19. The molecule has 5 heteroatoms. The summed E-state index contributed by atoms with van der Waals surface area (Å²) in [4.78, 5) is 11.7. The Morgan fingerprint density at radius 3 is 2.89 bits per heavy atom. The molecule has 0 radical (unpaired) electrons. The molecule has 1 amide bonds. The molecule has 2 rings (SSSR count). The summed E-state index contributed by atoms with van der Waals surface area (Å²) in [5, 5.41) is 6.67. The van der Waals surface area contributed by atoms with Crippen molar-refractivity contribution in [3.8, 4) is 5.69 Å². The zero-order chi connectivity index (χ0) is 13.8. The largest absolute Gasteiger partial charge is 0.326 e. The number of rotatable bonds is 4. The average Bonchev–Trinajstić information content (AvgIpc) is 2.91. The van der Waals surface area contributed by atoms with E-state index >= 15 is 0 Å². The predicted molar refractivity (Wildman–Crippen MR) is 71.6 cm³/mol. The van der Waals surface area contributed by atoms with Crippen LogP contribution in [0.25, 0.3) is 5.69 Å². The maximum absolute atomic E-state index is 13.9. The normalized spacial score (nSPS) is 12.2. The number of hydrogen-bond donors (Lipinski definition) is 1. The Balaban J connectivity index is 2.18. The molecule has 19 heavy (non-hydrogen) atoms. The van der Waals surface area contributed by atoms with Crippen LogP contribution in [0.15, 0.2) is 36.7 Å². The van der Waals surface area contributed by atoms with E-state index in [0.717, 1.165) is 6.42 Å². The first-order chi connectivity index (χ1) is 9.11. The maximum Gasteiger partial charge on any atom is 0.227 e. The van der Waals surface area contributed by atoms with Gasteiger partial charge in [-0.2, -0.15) is 5.10 Å². The highest BCUT2D eigenvalue weighted by atomic mass is 19.1. The molecule has 0 fully saturated rings. The van der Waals surface area contributed by atoms with E-state index in [-0.39, 0.29) is 11.8 Å². The molecule has 2 aromatic rings. The van der Waals surface area contributed by atoms with Crippen molar-refractivity contribution in [2.24, 2.45) is 5.92 Å². The lowest BCUT2D eigenvalue weighted by molar-refractivity contribution is -0.119. The highest BCUT2D eigenvalue weighted by molar-refractivity contribution is 5.92. The second-order valence-electron chi connectivity index (χ2n) is 4.42. The van der Waals surface area contributed by atoms with Gasteiger partial charge in [-0.05, 0) is 30.7 Å². The van der Waals surface area contributed by atoms with Crippen molar-refractivity contribution in [2.75, 3.05) is 5.32 Å². The molecule has 1 heterocycles. The smallest absolute Gasteiger partial charge is 0.227 e. The van der Waals surface area contributed by atoms with Crippen LogP contribution in [0.3, 0.4) is 0 Å². The molecular formula is C14H16FN3O. The van der Waals surface area contributed by atoms with Crippen molar-refractivity contribution >= 4 is 11.6 Å². The zero-order valence-electron chi connectivity index (χ0n) is 10.9. The number of benzene rings is 1. The van der Waals surface area contributed by atoms with Gasteiger partial charge in [0, 0.05) is 24.0 Å². The highest BCUT2D eigenvalue weighted by Crippen LogP contribution is 2.18. The third-order valence-corrected chi connectivity index (χ3v) is 3.03. The van der Waals surface area contributed by atoms with Crippen molar-refractivity contribution < 1.29 is 9.18 Å². The number of anilines is 1. The lowest BCUT2D eigenvalue weighted by Gasteiger charge is -2.11. The van der Waals surface area contributed by atoms with Gasteiger partial charge >= 0.3 is 0 Å². The number of carbonyl (C=O) groups excluding carboxylic acids is 1. The molecule has 0 saturated heterocycles. The van der Waals surface area contributed by atoms with Crippen LogP contribution < -0.4 is 5.32 Å². The van der Waals surface area contributed by atoms with Crippen molar-refractivity contribution in [1.82, 2.24) is 9.78 Å². The van der Waals surface area contributed by atoms with Crippen molar-refractivity contribution in [3.05, 3.63) is 42.5 Å². The molecule has 1 atom stereocenters. The van der Waals surface area contributed by atoms with E-state index in [4.69, 9.17) is 0 Å². The first-order valence-corrected chi connectivity index (χ1v) is 6.22. The molecule has 0 aliphatic heterocycles. The Hall–Kier alpha value is -2.17. The van der Waals surface area contributed by atoms with Crippen LogP contribution in [-0.2, 0) is 4.79 Å². The van der Waals surface area contributed by atoms with Crippen LogP contribution in [0.5, 0.6) is 0 Å². The van der Waals surface area contributed by atoms with E-state index in [9.17, 15) is 9.18 Å². The third-order valence-electron chi connectivity index (χ3n) is 3.03. The van der Waals surface area contributed by atoms with Crippen LogP contribution in [-0.4, -0.2) is 15.7 Å². The number of nitrogens with one attached hydrogen (secondary N) is 1. The van der Waals surface area contributed by atoms with Gasteiger partial charge in [0.05, 0.1) is 0 Å². The summed E-state index contributed by atoms with van der Waals surface area (Å²) in [7, 11) is 0. The minimum Gasteiger partial charge on any atom is -0.326 e. The highest BCUT2D eigenvalue weighted by Gasteiger charge is 2.12. The predicted octanol–water partition coefficient (Wildman–Crippen LogP) is 3.00. The molecule has 100 valence electrons. The molecule has 1 N–H and O–H groups in total. The Labute approximate surface area is 111 Å². The average molecular weight is 261 g/mol. The van der Waals surface area contributed by atoms with E-state index in [0.29, 0.717) is 11.4 Å². The van der Waals surface area contributed by atoms with Gasteiger partial charge in [-0.3, -0.25) is 4.79 Å². The molecular weight excluding hydrogens is 245 g/mol. The number of aromatic nitrogens is 2. The van der Waals surface area contributed by atoms with Gasteiger partial charge in [-0.15, -0.1) is 0 Å². The Bertz CT molecular complexity index is 566. The van der Waals surface area contributed by atoms with Crippen LogP contribution >= 0.6 is 0 Å². The third kappa shape index (κ3) is 2.99. The van der Waals surface area contributed by atoms with Gasteiger partial charge in [-0.25, -0.2) is 9.07 Å². The SMILES string of the molecule is CC[C@@H](C)C(=O)Nc1ccc(-n2cccn2)c(F)c1. The zero-order valence-corrected chi connectivity index (χ0v) is 10.9. The first kappa shape index (κ1) is 13.3. The van der Waals surface area contributed by atoms with Gasteiger partial charge < -0.3 is 5.32 Å². The van der Waals surface area contributed by atoms with E-state index in [1.165, 1.54) is 10.7 Å². The van der Waals surface area contributed by atoms with Gasteiger partial charge in [-0.1, -0.05) is 13.8 Å². The van der Waals surface area contributed by atoms with Crippen LogP contribution in [0, 0.1) is 11.7 Å².